The molecule has 0 spiro atoms. The average Bonchev–Trinajstić information content (AvgIpc) is 3.16. The summed E-state index contributed by atoms with van der Waals surface area (Å²) in [6, 6.07) is 67.1. The predicted molar refractivity (Wildman–Crippen MR) is 208 cm³/mol. The first-order valence-electron chi connectivity index (χ1n) is 16.7. The quantitative estimate of drug-likeness (QED) is 0.176. The van der Waals surface area contributed by atoms with E-state index in [1.54, 1.807) is 0 Å². The zero-order valence-corrected chi connectivity index (χ0v) is 26.3. The maximum Gasteiger partial charge on any atom is -0.00928 e. The van der Waals surface area contributed by atoms with Gasteiger partial charge in [0.05, 0.1) is 0 Å². The van der Waals surface area contributed by atoms with Crippen LogP contribution in [0.2, 0.25) is 0 Å². The van der Waals surface area contributed by atoms with Gasteiger partial charge >= 0.3 is 0 Å². The second-order valence-corrected chi connectivity index (χ2v) is 12.9. The first-order valence-corrected chi connectivity index (χ1v) is 16.7. The van der Waals surface area contributed by atoms with Gasteiger partial charge in [0.15, 0.2) is 0 Å². The molecule has 0 radical (unpaired) electrons. The molecule has 0 unspecified atom stereocenters. The highest BCUT2D eigenvalue weighted by Gasteiger charge is 2.14. The van der Waals surface area contributed by atoms with Crippen molar-refractivity contribution in [2.75, 3.05) is 0 Å². The van der Waals surface area contributed by atoms with Crippen molar-refractivity contribution >= 4 is 64.6 Å². The highest BCUT2D eigenvalue weighted by atomic mass is 14.2. The molecular formula is C48H30. The summed E-state index contributed by atoms with van der Waals surface area (Å²) in [5.41, 5.74) is 7.56. The Morgan fingerprint density at radius 1 is 0.188 bits per heavy atom. The van der Waals surface area contributed by atoms with E-state index in [0.717, 1.165) is 0 Å². The third-order valence-electron chi connectivity index (χ3n) is 10.2. The fraction of sp³-hybridized carbons (Fsp3) is 0. The Morgan fingerprint density at radius 2 is 0.542 bits per heavy atom. The van der Waals surface area contributed by atoms with Crippen molar-refractivity contribution in [1.29, 1.82) is 0 Å². The zero-order chi connectivity index (χ0) is 31.6. The third kappa shape index (κ3) is 4.16. The highest BCUT2D eigenvalue weighted by molar-refractivity contribution is 6.18. The fourth-order valence-corrected chi connectivity index (χ4v) is 7.95. The molecule has 0 bridgehead atoms. The molecule has 0 aromatic heterocycles. The Bertz CT molecular complexity index is 2690. The van der Waals surface area contributed by atoms with E-state index >= 15 is 0 Å². The van der Waals surface area contributed by atoms with Crippen LogP contribution in [-0.4, -0.2) is 0 Å². The van der Waals surface area contributed by atoms with E-state index in [2.05, 4.69) is 182 Å². The summed E-state index contributed by atoms with van der Waals surface area (Å²) in [4.78, 5) is 0. The molecule has 0 aliphatic carbocycles. The molecule has 0 fully saturated rings. The van der Waals surface area contributed by atoms with Crippen molar-refractivity contribution in [2.24, 2.45) is 0 Å². The molecule has 0 nitrogen and oxygen atoms in total. The summed E-state index contributed by atoms with van der Waals surface area (Å²) >= 11 is 0. The maximum atomic E-state index is 2.36. The second kappa shape index (κ2) is 10.7. The Morgan fingerprint density at radius 3 is 1.00 bits per heavy atom. The molecule has 222 valence electrons. The lowest BCUT2D eigenvalue weighted by Gasteiger charge is -2.15. The molecule has 10 aromatic carbocycles. The van der Waals surface area contributed by atoms with Crippen LogP contribution in [0.15, 0.2) is 182 Å². The highest BCUT2D eigenvalue weighted by Crippen LogP contribution is 2.41. The topological polar surface area (TPSA) is 0 Å². The van der Waals surface area contributed by atoms with Crippen molar-refractivity contribution in [3.8, 4) is 33.4 Å². The van der Waals surface area contributed by atoms with Gasteiger partial charge in [-0.25, -0.2) is 0 Å². The minimum absolute atomic E-state index is 1.23. The summed E-state index contributed by atoms with van der Waals surface area (Å²) in [5.74, 6) is 0. The lowest BCUT2D eigenvalue weighted by molar-refractivity contribution is 1.66. The van der Waals surface area contributed by atoms with Crippen LogP contribution in [0.1, 0.15) is 0 Å². The van der Waals surface area contributed by atoms with Crippen molar-refractivity contribution in [1.82, 2.24) is 0 Å². The summed E-state index contributed by atoms with van der Waals surface area (Å²) in [5, 5.41) is 15.4. The van der Waals surface area contributed by atoms with Gasteiger partial charge in [0, 0.05) is 0 Å². The molecule has 10 aromatic rings. The second-order valence-electron chi connectivity index (χ2n) is 12.9. The van der Waals surface area contributed by atoms with Crippen LogP contribution < -0.4 is 0 Å². The van der Waals surface area contributed by atoms with E-state index in [4.69, 9.17) is 0 Å². The van der Waals surface area contributed by atoms with Crippen molar-refractivity contribution in [3.05, 3.63) is 182 Å². The molecule has 0 saturated carbocycles. The molecule has 0 saturated heterocycles. The van der Waals surface area contributed by atoms with Gasteiger partial charge in [-0.05, 0) is 122 Å². The van der Waals surface area contributed by atoms with Crippen LogP contribution in [0, 0.1) is 0 Å². The van der Waals surface area contributed by atoms with E-state index in [1.807, 2.05) is 0 Å². The van der Waals surface area contributed by atoms with Crippen molar-refractivity contribution < 1.29 is 0 Å². The van der Waals surface area contributed by atoms with Crippen LogP contribution in [-0.2, 0) is 0 Å². The van der Waals surface area contributed by atoms with Crippen molar-refractivity contribution in [2.45, 2.75) is 0 Å². The molecule has 0 aliphatic rings. The SMILES string of the molecule is c1cc(-c2cc3ccccc3c3ccccc23)c2ccc(-c3ccc4c(-c5cc6ccccc6c6ccccc56)cccc4c3)cc2c1. The van der Waals surface area contributed by atoms with Crippen molar-refractivity contribution in [3.63, 3.8) is 0 Å². The predicted octanol–water partition coefficient (Wildman–Crippen LogP) is 13.6. The molecule has 0 atom stereocenters. The number of rotatable bonds is 3. The summed E-state index contributed by atoms with van der Waals surface area (Å²) in [7, 11) is 0. The summed E-state index contributed by atoms with van der Waals surface area (Å²) in [6.45, 7) is 0. The van der Waals surface area contributed by atoms with Crippen LogP contribution >= 0.6 is 0 Å². The molecule has 0 aliphatic heterocycles. The van der Waals surface area contributed by atoms with E-state index in [1.165, 1.54) is 98.0 Å². The Labute approximate surface area is 279 Å². The van der Waals surface area contributed by atoms with Crippen LogP contribution in [0.4, 0.5) is 0 Å². The van der Waals surface area contributed by atoms with Crippen LogP contribution in [0.3, 0.4) is 0 Å². The number of fused-ring (bicyclic) bond motifs is 8. The van der Waals surface area contributed by atoms with Gasteiger partial charge in [0.2, 0.25) is 0 Å². The molecule has 0 heterocycles. The van der Waals surface area contributed by atoms with E-state index in [0.29, 0.717) is 0 Å². The lowest BCUT2D eigenvalue weighted by Crippen LogP contribution is -1.88. The minimum Gasteiger partial charge on any atom is -0.0616 e. The minimum atomic E-state index is 1.23. The average molecular weight is 607 g/mol. The molecule has 0 amide bonds. The normalized spacial score (nSPS) is 11.8. The lowest BCUT2D eigenvalue weighted by atomic mass is 9.89. The first-order chi connectivity index (χ1) is 23.8. The zero-order valence-electron chi connectivity index (χ0n) is 26.3. The van der Waals surface area contributed by atoms with E-state index in [-0.39, 0.29) is 0 Å². The Balaban J connectivity index is 1.11. The fourth-order valence-electron chi connectivity index (χ4n) is 7.95. The summed E-state index contributed by atoms with van der Waals surface area (Å²) in [6.07, 6.45) is 0. The van der Waals surface area contributed by atoms with Crippen LogP contribution in [0.25, 0.3) is 98.0 Å². The first kappa shape index (κ1) is 26.9. The molecular weight excluding hydrogens is 577 g/mol. The third-order valence-corrected chi connectivity index (χ3v) is 10.2. The van der Waals surface area contributed by atoms with E-state index < -0.39 is 0 Å². The van der Waals surface area contributed by atoms with Gasteiger partial charge < -0.3 is 0 Å². The number of hydrogen-bond donors (Lipinski definition) is 0. The van der Waals surface area contributed by atoms with Gasteiger partial charge in [-0.2, -0.15) is 0 Å². The van der Waals surface area contributed by atoms with Crippen LogP contribution in [0.5, 0.6) is 0 Å². The van der Waals surface area contributed by atoms with Gasteiger partial charge in [-0.15, -0.1) is 0 Å². The Hall–Kier alpha value is -6.24. The monoisotopic (exact) mass is 606 g/mol. The van der Waals surface area contributed by atoms with Gasteiger partial charge in [-0.1, -0.05) is 158 Å². The Kier molecular flexibility index (Phi) is 5.98. The smallest absolute Gasteiger partial charge is 0.00928 e. The molecule has 0 N–H and O–H groups in total. The maximum absolute atomic E-state index is 2.36. The molecule has 48 heavy (non-hydrogen) atoms. The number of hydrogen-bond acceptors (Lipinski definition) is 0. The van der Waals surface area contributed by atoms with Gasteiger partial charge in [-0.3, -0.25) is 0 Å². The molecule has 10 rings (SSSR count). The number of benzene rings is 10. The van der Waals surface area contributed by atoms with Gasteiger partial charge in [0.25, 0.3) is 0 Å². The van der Waals surface area contributed by atoms with E-state index in [9.17, 15) is 0 Å². The standard InChI is InChI=1S/C48H30/c1-3-15-37-35(11-1)29-47(45-19-7-5-17-41(37)45)43-21-9-13-33-27-31(23-25-39(33)43)32-24-26-40-34(28-32)14-10-22-44(40)48-30-36-12-2-4-16-38(36)42-18-6-8-20-46(42)48/h1-30H. The summed E-state index contributed by atoms with van der Waals surface area (Å²) < 4.78 is 0. The largest absolute Gasteiger partial charge is 0.0616 e. The van der Waals surface area contributed by atoms with Gasteiger partial charge in [0.1, 0.15) is 0 Å². The molecule has 0 heteroatoms.